The molecule has 1 aromatic heterocycles. The van der Waals surface area contributed by atoms with Crippen molar-refractivity contribution in [2.75, 3.05) is 0 Å². The van der Waals surface area contributed by atoms with Crippen molar-refractivity contribution in [3.63, 3.8) is 0 Å². The zero-order chi connectivity index (χ0) is 9.84. The highest BCUT2D eigenvalue weighted by Gasteiger charge is 2.04. The first-order valence-corrected chi connectivity index (χ1v) is 3.71. The summed E-state index contributed by atoms with van der Waals surface area (Å²) in [6, 6.07) is 0. The van der Waals surface area contributed by atoms with Gasteiger partial charge >= 0.3 is 0 Å². The summed E-state index contributed by atoms with van der Waals surface area (Å²) in [6.45, 7) is 7.17. The molecular formula is C8H9N5. The van der Waals surface area contributed by atoms with E-state index in [4.69, 9.17) is 5.53 Å². The Balaban J connectivity index is 3.46. The fourth-order valence-corrected chi connectivity index (χ4v) is 1.06. The molecule has 0 aliphatic heterocycles. The van der Waals surface area contributed by atoms with E-state index in [1.54, 1.807) is 13.0 Å². The second kappa shape index (κ2) is 3.69. The van der Waals surface area contributed by atoms with Crippen molar-refractivity contribution < 1.29 is 0 Å². The van der Waals surface area contributed by atoms with Crippen LogP contribution in [-0.4, -0.2) is 9.97 Å². The highest BCUT2D eigenvalue weighted by atomic mass is 15.2. The predicted octanol–water partition coefficient (Wildman–Crippen LogP) is 2.68. The molecule has 0 spiro atoms. The molecule has 0 unspecified atom stereocenters. The van der Waals surface area contributed by atoms with E-state index in [1.807, 2.05) is 6.92 Å². The molecule has 0 saturated carbocycles. The molecule has 1 rings (SSSR count). The van der Waals surface area contributed by atoms with Gasteiger partial charge in [0, 0.05) is 16.2 Å². The van der Waals surface area contributed by atoms with E-state index >= 15 is 0 Å². The molecule has 0 saturated heterocycles. The number of aromatic nitrogens is 2. The van der Waals surface area contributed by atoms with Crippen molar-refractivity contribution in [2.45, 2.75) is 13.8 Å². The smallest absolute Gasteiger partial charge is 0.137 e. The molecule has 5 nitrogen and oxygen atoms in total. The van der Waals surface area contributed by atoms with Gasteiger partial charge in [0.2, 0.25) is 0 Å². The van der Waals surface area contributed by atoms with E-state index in [9.17, 15) is 0 Å². The summed E-state index contributed by atoms with van der Waals surface area (Å²) in [4.78, 5) is 10.8. The van der Waals surface area contributed by atoms with Gasteiger partial charge in [-0.15, -0.1) is 0 Å². The number of hydrogen-bond acceptors (Lipinski definition) is 3. The van der Waals surface area contributed by atoms with Crippen LogP contribution in [0.4, 0.5) is 5.82 Å². The van der Waals surface area contributed by atoms with Gasteiger partial charge in [-0.1, -0.05) is 12.7 Å². The molecule has 0 bridgehead atoms. The van der Waals surface area contributed by atoms with Crippen LogP contribution in [0.1, 0.15) is 17.1 Å². The summed E-state index contributed by atoms with van der Waals surface area (Å²) in [5.74, 6) is 0.924. The van der Waals surface area contributed by atoms with Crippen LogP contribution in [0.5, 0.6) is 0 Å². The molecule has 13 heavy (non-hydrogen) atoms. The quantitative estimate of drug-likeness (QED) is 0.393. The van der Waals surface area contributed by atoms with Crippen LogP contribution < -0.4 is 0 Å². The lowest BCUT2D eigenvalue weighted by Gasteiger charge is -2.03. The first-order valence-electron chi connectivity index (χ1n) is 3.71. The maximum absolute atomic E-state index is 8.29. The van der Waals surface area contributed by atoms with Gasteiger partial charge in [0.05, 0.1) is 0 Å². The lowest BCUT2D eigenvalue weighted by molar-refractivity contribution is 0.998. The second-order valence-corrected chi connectivity index (χ2v) is 2.49. The number of rotatable bonds is 2. The Kier molecular flexibility index (Phi) is 2.62. The third-order valence-electron chi connectivity index (χ3n) is 1.57. The van der Waals surface area contributed by atoms with E-state index in [2.05, 4.69) is 26.6 Å². The molecule has 66 valence electrons. The standard InChI is InChI=1S/C8H9N5/c1-4-7-5(2)10-6(3)11-8(7)12-13-9/h4H,1H2,2-3H3. The molecule has 0 aliphatic carbocycles. The van der Waals surface area contributed by atoms with Crippen LogP contribution in [0.15, 0.2) is 11.7 Å². The Labute approximate surface area is 75.8 Å². The van der Waals surface area contributed by atoms with Crippen LogP contribution in [0.3, 0.4) is 0 Å². The van der Waals surface area contributed by atoms with Crippen LogP contribution in [-0.2, 0) is 0 Å². The SMILES string of the molecule is C=Cc1c(C)nc(C)nc1N=[N+]=[N-]. The number of azide groups is 1. The summed E-state index contributed by atoms with van der Waals surface area (Å²) < 4.78 is 0. The molecule has 1 aromatic rings. The van der Waals surface area contributed by atoms with Crippen LogP contribution in [0.2, 0.25) is 0 Å². The fourth-order valence-electron chi connectivity index (χ4n) is 1.06. The summed E-state index contributed by atoms with van der Waals surface area (Å²) in [5.41, 5.74) is 9.74. The van der Waals surface area contributed by atoms with Crippen LogP contribution >= 0.6 is 0 Å². The Morgan fingerprint density at radius 3 is 2.69 bits per heavy atom. The summed E-state index contributed by atoms with van der Waals surface area (Å²) in [6.07, 6.45) is 1.58. The average molecular weight is 175 g/mol. The lowest BCUT2D eigenvalue weighted by atomic mass is 10.2. The maximum atomic E-state index is 8.29. The topological polar surface area (TPSA) is 74.5 Å². The second-order valence-electron chi connectivity index (χ2n) is 2.49. The van der Waals surface area contributed by atoms with Gasteiger partial charge in [-0.2, -0.15) is 0 Å². The minimum absolute atomic E-state index is 0.336. The van der Waals surface area contributed by atoms with E-state index in [0.29, 0.717) is 17.2 Å². The first kappa shape index (κ1) is 9.22. The van der Waals surface area contributed by atoms with Gasteiger partial charge in [0.25, 0.3) is 0 Å². The third-order valence-corrected chi connectivity index (χ3v) is 1.57. The molecule has 0 aliphatic rings. The normalized spacial score (nSPS) is 9.08. The van der Waals surface area contributed by atoms with Crippen molar-refractivity contribution in [1.82, 2.24) is 9.97 Å². The molecule has 0 fully saturated rings. The van der Waals surface area contributed by atoms with Crippen molar-refractivity contribution in [1.29, 1.82) is 0 Å². The molecular weight excluding hydrogens is 166 g/mol. The number of aryl methyl sites for hydroxylation is 2. The largest absolute Gasteiger partial charge is 0.238 e. The van der Waals surface area contributed by atoms with Crippen molar-refractivity contribution in [3.05, 3.63) is 34.1 Å². The molecule has 0 radical (unpaired) electrons. The van der Waals surface area contributed by atoms with E-state index in [1.165, 1.54) is 0 Å². The first-order chi connectivity index (χ1) is 6.19. The number of nitrogens with zero attached hydrogens (tertiary/aromatic N) is 5. The zero-order valence-electron chi connectivity index (χ0n) is 7.52. The van der Waals surface area contributed by atoms with Crippen molar-refractivity contribution in [3.8, 4) is 0 Å². The summed E-state index contributed by atoms with van der Waals surface area (Å²) in [5, 5.41) is 3.46. The lowest BCUT2D eigenvalue weighted by Crippen LogP contribution is -1.94. The van der Waals surface area contributed by atoms with Gasteiger partial charge in [-0.25, -0.2) is 9.97 Å². The maximum Gasteiger partial charge on any atom is 0.137 e. The van der Waals surface area contributed by atoms with Crippen molar-refractivity contribution in [2.24, 2.45) is 5.11 Å². The molecule has 0 aromatic carbocycles. The zero-order valence-corrected chi connectivity index (χ0v) is 7.52. The van der Waals surface area contributed by atoms with Gasteiger partial charge in [0.1, 0.15) is 11.6 Å². The van der Waals surface area contributed by atoms with E-state index < -0.39 is 0 Å². The Hall–Kier alpha value is -1.87. The average Bonchev–Trinajstić information content (AvgIpc) is 2.04. The van der Waals surface area contributed by atoms with Crippen LogP contribution in [0, 0.1) is 13.8 Å². The van der Waals surface area contributed by atoms with Gasteiger partial charge < -0.3 is 0 Å². The third kappa shape index (κ3) is 1.83. The molecule has 5 heteroatoms. The predicted molar refractivity (Wildman–Crippen MR) is 50.4 cm³/mol. The minimum Gasteiger partial charge on any atom is -0.238 e. The van der Waals surface area contributed by atoms with Gasteiger partial charge in [0.15, 0.2) is 0 Å². The van der Waals surface area contributed by atoms with Gasteiger partial charge in [-0.3, -0.25) is 0 Å². The molecule has 0 atom stereocenters. The fraction of sp³-hybridized carbons (Fsp3) is 0.250. The monoisotopic (exact) mass is 175 g/mol. The summed E-state index contributed by atoms with van der Waals surface area (Å²) in [7, 11) is 0. The van der Waals surface area contributed by atoms with E-state index in [-0.39, 0.29) is 0 Å². The summed E-state index contributed by atoms with van der Waals surface area (Å²) >= 11 is 0. The highest BCUT2D eigenvalue weighted by molar-refractivity contribution is 5.61. The minimum atomic E-state index is 0.336. The molecule has 0 amide bonds. The van der Waals surface area contributed by atoms with Crippen LogP contribution in [0.25, 0.3) is 16.5 Å². The molecule has 0 N–H and O–H groups in total. The van der Waals surface area contributed by atoms with E-state index in [0.717, 1.165) is 5.69 Å². The van der Waals surface area contributed by atoms with Gasteiger partial charge in [-0.05, 0) is 24.5 Å². The highest BCUT2D eigenvalue weighted by Crippen LogP contribution is 2.20. The Morgan fingerprint density at radius 1 is 1.46 bits per heavy atom. The Bertz CT molecular complexity index is 390. The Morgan fingerprint density at radius 2 is 2.15 bits per heavy atom. The molecule has 1 heterocycles. The van der Waals surface area contributed by atoms with Crippen molar-refractivity contribution >= 4 is 11.9 Å². The number of hydrogen-bond donors (Lipinski definition) is 0.